The van der Waals surface area contributed by atoms with Gasteiger partial charge in [0.15, 0.2) is 0 Å². The summed E-state index contributed by atoms with van der Waals surface area (Å²) < 4.78 is 4.87. The normalized spacial score (nSPS) is 18.3. The van der Waals surface area contributed by atoms with E-state index in [2.05, 4.69) is 0 Å². The average Bonchev–Trinajstić information content (AvgIpc) is 2.72. The molecule has 21 heavy (non-hydrogen) atoms. The molecular weight excluding hydrogens is 294 g/mol. The van der Waals surface area contributed by atoms with Gasteiger partial charge in [-0.05, 0) is 6.07 Å². The highest BCUT2D eigenvalue weighted by Crippen LogP contribution is 2.33. The van der Waals surface area contributed by atoms with Crippen LogP contribution in [0.5, 0.6) is 0 Å². The first kappa shape index (κ1) is 15.5. The molecule has 1 aliphatic rings. The molecule has 0 aromatic heterocycles. The number of carboxylic acids is 1. The Morgan fingerprint density at radius 1 is 1.43 bits per heavy atom. The number of imide groups is 1. The number of hydrogen-bond donors (Lipinski definition) is 0. The first-order valence-corrected chi connectivity index (χ1v) is 7.22. The quantitative estimate of drug-likeness (QED) is 0.683. The lowest BCUT2D eigenvalue weighted by molar-refractivity contribution is -0.255. The van der Waals surface area contributed by atoms with Crippen molar-refractivity contribution in [2.45, 2.75) is 16.6 Å². The molecule has 1 heterocycles. The minimum Gasteiger partial charge on any atom is -0.545 e. The van der Waals surface area contributed by atoms with Crippen molar-refractivity contribution >= 4 is 29.5 Å². The zero-order valence-electron chi connectivity index (χ0n) is 11.4. The van der Waals surface area contributed by atoms with Crippen molar-refractivity contribution in [1.29, 1.82) is 0 Å². The number of methoxy groups -OCH3 is 1. The lowest BCUT2D eigenvalue weighted by atomic mass is 10.2. The van der Waals surface area contributed by atoms with E-state index in [4.69, 9.17) is 4.74 Å². The van der Waals surface area contributed by atoms with Crippen LogP contribution in [0.25, 0.3) is 0 Å². The molecule has 1 aromatic carbocycles. The molecule has 0 spiro atoms. The molecule has 6 nitrogen and oxygen atoms in total. The fraction of sp³-hybridized carbons (Fsp3) is 0.357. The number of hydrogen-bond acceptors (Lipinski definition) is 6. The standard InChI is InChI=1S/C14H15NO5S/c1-20-7-6-15-12(16)8-11(13(15)17)21-10-5-3-2-4-9(10)14(18)19/h2-5,11H,6-8H2,1H3,(H,18,19)/p-1/t11-/m0/s1. The van der Waals surface area contributed by atoms with Crippen molar-refractivity contribution in [3.63, 3.8) is 0 Å². The van der Waals surface area contributed by atoms with Gasteiger partial charge in [-0.15, -0.1) is 11.8 Å². The molecule has 0 bridgehead atoms. The Balaban J connectivity index is 2.13. The highest BCUT2D eigenvalue weighted by atomic mass is 32.2. The van der Waals surface area contributed by atoms with Crippen molar-refractivity contribution in [2.24, 2.45) is 0 Å². The number of carbonyl (C=O) groups excluding carboxylic acids is 3. The van der Waals surface area contributed by atoms with Gasteiger partial charge in [0.2, 0.25) is 11.8 Å². The van der Waals surface area contributed by atoms with Gasteiger partial charge in [0.1, 0.15) is 0 Å². The summed E-state index contributed by atoms with van der Waals surface area (Å²) in [7, 11) is 1.49. The van der Waals surface area contributed by atoms with E-state index in [0.29, 0.717) is 4.90 Å². The molecule has 2 amide bonds. The van der Waals surface area contributed by atoms with Crippen LogP contribution in [-0.2, 0) is 14.3 Å². The topological polar surface area (TPSA) is 86.7 Å². The maximum absolute atomic E-state index is 12.2. The van der Waals surface area contributed by atoms with Crippen LogP contribution in [-0.4, -0.2) is 48.2 Å². The molecule has 2 rings (SSSR count). The molecule has 0 aliphatic carbocycles. The predicted molar refractivity (Wildman–Crippen MR) is 73.6 cm³/mol. The van der Waals surface area contributed by atoms with E-state index >= 15 is 0 Å². The van der Waals surface area contributed by atoms with Crippen molar-refractivity contribution in [3.8, 4) is 0 Å². The molecule has 112 valence electrons. The van der Waals surface area contributed by atoms with Crippen LogP contribution in [0.1, 0.15) is 16.8 Å². The van der Waals surface area contributed by atoms with Crippen LogP contribution in [0.4, 0.5) is 0 Å². The zero-order chi connectivity index (χ0) is 15.4. The molecule has 0 saturated carbocycles. The number of rotatable bonds is 6. The Labute approximate surface area is 126 Å². The van der Waals surface area contributed by atoms with Gasteiger partial charge in [0.05, 0.1) is 24.4 Å². The number of carboxylic acid groups (broad SMARTS) is 1. The van der Waals surface area contributed by atoms with E-state index < -0.39 is 11.2 Å². The molecule has 1 aliphatic heterocycles. The van der Waals surface area contributed by atoms with E-state index in [1.54, 1.807) is 18.2 Å². The first-order valence-electron chi connectivity index (χ1n) is 6.34. The third-order valence-corrected chi connectivity index (χ3v) is 4.36. The van der Waals surface area contributed by atoms with Crippen LogP contribution in [0, 0.1) is 0 Å². The van der Waals surface area contributed by atoms with Gasteiger partial charge in [-0.1, -0.05) is 18.2 Å². The largest absolute Gasteiger partial charge is 0.545 e. The monoisotopic (exact) mass is 308 g/mol. The molecule has 1 saturated heterocycles. The van der Waals surface area contributed by atoms with Crippen LogP contribution in [0.15, 0.2) is 29.2 Å². The number of thioether (sulfide) groups is 1. The fourth-order valence-electron chi connectivity index (χ4n) is 2.05. The number of nitrogens with zero attached hydrogens (tertiary/aromatic N) is 1. The van der Waals surface area contributed by atoms with E-state index in [1.165, 1.54) is 13.2 Å². The lowest BCUT2D eigenvalue weighted by Gasteiger charge is -2.15. The summed E-state index contributed by atoms with van der Waals surface area (Å²) in [5, 5.41) is 10.4. The highest BCUT2D eigenvalue weighted by molar-refractivity contribution is 8.00. The number of aromatic carboxylic acids is 1. The fourth-order valence-corrected chi connectivity index (χ4v) is 3.25. The Hall–Kier alpha value is -1.86. The molecule has 0 radical (unpaired) electrons. The summed E-state index contributed by atoms with van der Waals surface area (Å²) in [6.45, 7) is 0.498. The highest BCUT2D eigenvalue weighted by Gasteiger charge is 2.39. The summed E-state index contributed by atoms with van der Waals surface area (Å²) >= 11 is 1.08. The van der Waals surface area contributed by atoms with Crippen molar-refractivity contribution in [3.05, 3.63) is 29.8 Å². The van der Waals surface area contributed by atoms with Gasteiger partial charge in [0.25, 0.3) is 0 Å². The second kappa shape index (κ2) is 6.73. The Morgan fingerprint density at radius 2 is 2.14 bits per heavy atom. The van der Waals surface area contributed by atoms with Crippen LogP contribution >= 0.6 is 11.8 Å². The Kier molecular flexibility index (Phi) is 4.98. The van der Waals surface area contributed by atoms with Gasteiger partial charge in [-0.3, -0.25) is 14.5 Å². The third-order valence-electron chi connectivity index (χ3n) is 3.10. The number of benzene rings is 1. The van der Waals surface area contributed by atoms with E-state index in [0.717, 1.165) is 16.7 Å². The second-order valence-corrected chi connectivity index (χ2v) is 5.72. The number of likely N-dealkylation sites (tertiary alicyclic amines) is 1. The van der Waals surface area contributed by atoms with Gasteiger partial charge in [-0.2, -0.15) is 0 Å². The summed E-state index contributed by atoms with van der Waals surface area (Å²) in [6.07, 6.45) is 0.0641. The average molecular weight is 308 g/mol. The summed E-state index contributed by atoms with van der Waals surface area (Å²) in [5.74, 6) is -1.87. The van der Waals surface area contributed by atoms with E-state index in [9.17, 15) is 19.5 Å². The number of amides is 2. The molecule has 0 N–H and O–H groups in total. The molecule has 0 unspecified atom stereocenters. The minimum absolute atomic E-state index is 0.0260. The van der Waals surface area contributed by atoms with Crippen molar-refractivity contribution in [1.82, 2.24) is 4.90 Å². The van der Waals surface area contributed by atoms with Crippen LogP contribution < -0.4 is 5.11 Å². The van der Waals surface area contributed by atoms with Crippen LogP contribution in [0.2, 0.25) is 0 Å². The SMILES string of the molecule is COCCN1C(=O)C[C@H](Sc2ccccc2C(=O)[O-])C1=O. The van der Waals surface area contributed by atoms with Crippen molar-refractivity contribution < 1.29 is 24.2 Å². The van der Waals surface area contributed by atoms with Crippen molar-refractivity contribution in [2.75, 3.05) is 20.3 Å². The molecule has 1 aromatic rings. The molecule has 7 heteroatoms. The minimum atomic E-state index is -1.30. The van der Waals surface area contributed by atoms with E-state index in [-0.39, 0.29) is 37.0 Å². The number of ether oxygens (including phenoxy) is 1. The smallest absolute Gasteiger partial charge is 0.243 e. The third kappa shape index (κ3) is 3.43. The Bertz CT molecular complexity index is 574. The van der Waals surface area contributed by atoms with Crippen LogP contribution in [0.3, 0.4) is 0 Å². The maximum Gasteiger partial charge on any atom is 0.243 e. The second-order valence-electron chi connectivity index (χ2n) is 4.47. The molecule has 1 fully saturated rings. The predicted octanol–water partition coefficient (Wildman–Crippen LogP) is -0.0839. The summed E-state index contributed by atoms with van der Waals surface area (Å²) in [4.78, 5) is 36.6. The summed E-state index contributed by atoms with van der Waals surface area (Å²) in [6, 6.07) is 6.29. The summed E-state index contributed by atoms with van der Waals surface area (Å²) in [5.41, 5.74) is 0.0260. The molecular formula is C14H14NO5S-. The molecule has 1 atom stereocenters. The van der Waals surface area contributed by atoms with Gasteiger partial charge < -0.3 is 14.6 Å². The van der Waals surface area contributed by atoms with E-state index in [1.807, 2.05) is 0 Å². The van der Waals surface area contributed by atoms with Gasteiger partial charge >= 0.3 is 0 Å². The van der Waals surface area contributed by atoms with Gasteiger partial charge in [-0.25, -0.2) is 0 Å². The number of carbonyl (C=O) groups is 3. The Morgan fingerprint density at radius 3 is 2.81 bits per heavy atom. The van der Waals surface area contributed by atoms with Gasteiger partial charge in [0, 0.05) is 24.0 Å². The first-order chi connectivity index (χ1) is 10.0. The zero-order valence-corrected chi connectivity index (χ0v) is 12.2. The maximum atomic E-state index is 12.2. The lowest BCUT2D eigenvalue weighted by Crippen LogP contribution is -2.34.